The minimum absolute atomic E-state index is 0.258. The van der Waals surface area contributed by atoms with Gasteiger partial charge in [-0.2, -0.15) is 0 Å². The van der Waals surface area contributed by atoms with E-state index in [0.29, 0.717) is 25.9 Å². The summed E-state index contributed by atoms with van der Waals surface area (Å²) in [5, 5.41) is 23.0. The molecule has 0 aliphatic rings. The fraction of sp³-hybridized carbons (Fsp3) is 0.889. The van der Waals surface area contributed by atoms with E-state index in [1.807, 2.05) is 0 Å². The van der Waals surface area contributed by atoms with Gasteiger partial charge in [-0.3, -0.25) is 0 Å². The molecule has 5 heteroatoms. The monoisotopic (exact) mass is 204 g/mol. The predicted octanol–water partition coefficient (Wildman–Crippen LogP) is -0.173. The van der Waals surface area contributed by atoms with Gasteiger partial charge in [-0.25, -0.2) is 4.79 Å². The number of aliphatic hydroxyl groups is 2. The third kappa shape index (κ3) is 9.28. The van der Waals surface area contributed by atoms with Crippen molar-refractivity contribution < 1.29 is 15.0 Å². The van der Waals surface area contributed by atoms with Crippen LogP contribution in [0.25, 0.3) is 0 Å². The lowest BCUT2D eigenvalue weighted by atomic mass is 10.3. The lowest BCUT2D eigenvalue weighted by Gasteiger charge is -2.09. The summed E-state index contributed by atoms with van der Waals surface area (Å²) in [5.41, 5.74) is 0. The van der Waals surface area contributed by atoms with E-state index in [-0.39, 0.29) is 6.03 Å². The van der Waals surface area contributed by atoms with Crippen LogP contribution in [0.15, 0.2) is 0 Å². The van der Waals surface area contributed by atoms with Crippen LogP contribution in [0.5, 0.6) is 0 Å². The summed E-state index contributed by atoms with van der Waals surface area (Å²) < 4.78 is 0. The molecule has 2 atom stereocenters. The molecular weight excluding hydrogens is 184 g/mol. The van der Waals surface area contributed by atoms with Gasteiger partial charge in [-0.15, -0.1) is 0 Å². The first-order valence-corrected chi connectivity index (χ1v) is 4.90. The van der Waals surface area contributed by atoms with Gasteiger partial charge in [0.15, 0.2) is 0 Å². The summed E-state index contributed by atoms with van der Waals surface area (Å²) in [5.74, 6) is 0. The molecule has 4 N–H and O–H groups in total. The first-order valence-electron chi connectivity index (χ1n) is 4.90. The summed E-state index contributed by atoms with van der Waals surface area (Å²) in [6.07, 6.45) is 0.300. The number of carbonyl (C=O) groups excluding carboxylic acids is 1. The van der Waals surface area contributed by atoms with Gasteiger partial charge in [0.25, 0.3) is 0 Å². The van der Waals surface area contributed by atoms with Crippen molar-refractivity contribution >= 4 is 6.03 Å². The van der Waals surface area contributed by atoms with Gasteiger partial charge >= 0.3 is 6.03 Å². The van der Waals surface area contributed by atoms with E-state index in [1.54, 1.807) is 13.8 Å². The van der Waals surface area contributed by atoms with Gasteiger partial charge < -0.3 is 20.8 Å². The second kappa shape index (κ2) is 7.58. The van der Waals surface area contributed by atoms with Crippen LogP contribution in [-0.4, -0.2) is 41.5 Å². The first-order chi connectivity index (χ1) is 6.52. The minimum atomic E-state index is -0.396. The van der Waals surface area contributed by atoms with E-state index in [9.17, 15) is 4.79 Å². The van der Waals surface area contributed by atoms with Crippen molar-refractivity contribution in [2.24, 2.45) is 0 Å². The van der Waals surface area contributed by atoms with E-state index in [1.165, 1.54) is 0 Å². The second-order valence-electron chi connectivity index (χ2n) is 3.46. The van der Waals surface area contributed by atoms with Gasteiger partial charge in [0.2, 0.25) is 0 Å². The molecule has 2 amide bonds. The topological polar surface area (TPSA) is 81.6 Å². The molecule has 0 saturated heterocycles. The summed E-state index contributed by atoms with van der Waals surface area (Å²) in [7, 11) is 0. The molecule has 0 rings (SSSR count). The molecular formula is C9H20N2O3. The number of aliphatic hydroxyl groups excluding tert-OH is 2. The molecule has 5 nitrogen and oxygen atoms in total. The van der Waals surface area contributed by atoms with Crippen molar-refractivity contribution in [2.45, 2.75) is 38.9 Å². The van der Waals surface area contributed by atoms with E-state index in [4.69, 9.17) is 10.2 Å². The summed E-state index contributed by atoms with van der Waals surface area (Å²) >= 11 is 0. The van der Waals surface area contributed by atoms with Gasteiger partial charge in [-0.1, -0.05) is 0 Å². The highest BCUT2D eigenvalue weighted by Gasteiger charge is 2.01. The molecule has 0 aliphatic carbocycles. The largest absolute Gasteiger partial charge is 0.393 e. The molecule has 0 radical (unpaired) electrons. The van der Waals surface area contributed by atoms with Crippen LogP contribution in [0, 0.1) is 0 Å². The quantitative estimate of drug-likeness (QED) is 0.485. The number of hydrogen-bond donors (Lipinski definition) is 4. The molecule has 84 valence electrons. The Labute approximate surface area is 84.5 Å². The molecule has 0 saturated carbocycles. The van der Waals surface area contributed by atoms with Crippen LogP contribution >= 0.6 is 0 Å². The number of carbonyl (C=O) groups is 1. The standard InChI is InChI=1S/C9H20N2O3/c1-7(12)3-5-10-9(14)11-6-4-8(2)13/h7-8,12-13H,3-6H2,1-2H3,(H2,10,11,14). The Hall–Kier alpha value is -0.810. The minimum Gasteiger partial charge on any atom is -0.393 e. The Morgan fingerprint density at radius 3 is 1.71 bits per heavy atom. The maximum atomic E-state index is 11.0. The Kier molecular flexibility index (Phi) is 7.14. The zero-order valence-electron chi connectivity index (χ0n) is 8.79. The van der Waals surface area contributed by atoms with Crippen molar-refractivity contribution in [3.8, 4) is 0 Å². The molecule has 0 spiro atoms. The molecule has 0 aromatic heterocycles. The Morgan fingerprint density at radius 1 is 1.07 bits per heavy atom. The van der Waals surface area contributed by atoms with Crippen LogP contribution in [0.1, 0.15) is 26.7 Å². The van der Waals surface area contributed by atoms with Crippen molar-refractivity contribution in [1.29, 1.82) is 0 Å². The lowest BCUT2D eigenvalue weighted by molar-refractivity contribution is 0.180. The highest BCUT2D eigenvalue weighted by atomic mass is 16.3. The molecule has 0 aromatic carbocycles. The predicted molar refractivity (Wildman–Crippen MR) is 54.0 cm³/mol. The van der Waals surface area contributed by atoms with Crippen LogP contribution in [0.4, 0.5) is 4.79 Å². The number of nitrogens with one attached hydrogen (secondary N) is 2. The average molecular weight is 204 g/mol. The van der Waals surface area contributed by atoms with Crippen molar-refractivity contribution in [2.75, 3.05) is 13.1 Å². The second-order valence-corrected chi connectivity index (χ2v) is 3.46. The van der Waals surface area contributed by atoms with E-state index < -0.39 is 12.2 Å². The first kappa shape index (κ1) is 13.2. The van der Waals surface area contributed by atoms with Crippen LogP contribution in [0.3, 0.4) is 0 Å². The van der Waals surface area contributed by atoms with Crippen LogP contribution in [-0.2, 0) is 0 Å². The number of urea groups is 1. The van der Waals surface area contributed by atoms with E-state index in [0.717, 1.165) is 0 Å². The summed E-state index contributed by atoms with van der Waals surface area (Å²) in [6, 6.07) is -0.258. The van der Waals surface area contributed by atoms with Crippen LogP contribution < -0.4 is 10.6 Å². The molecule has 2 unspecified atom stereocenters. The van der Waals surface area contributed by atoms with Crippen molar-refractivity contribution in [1.82, 2.24) is 10.6 Å². The van der Waals surface area contributed by atoms with Crippen LogP contribution in [0.2, 0.25) is 0 Å². The average Bonchev–Trinajstić information content (AvgIpc) is 2.02. The third-order valence-electron chi connectivity index (χ3n) is 1.70. The SMILES string of the molecule is CC(O)CCNC(=O)NCCC(C)O. The Balaban J connectivity index is 3.28. The maximum Gasteiger partial charge on any atom is 0.314 e. The maximum absolute atomic E-state index is 11.0. The van der Waals surface area contributed by atoms with Gasteiger partial charge in [0, 0.05) is 13.1 Å². The summed E-state index contributed by atoms with van der Waals surface area (Å²) in [4.78, 5) is 11.0. The fourth-order valence-corrected chi connectivity index (χ4v) is 0.852. The van der Waals surface area contributed by atoms with Crippen molar-refractivity contribution in [3.63, 3.8) is 0 Å². The molecule has 0 aliphatic heterocycles. The lowest BCUT2D eigenvalue weighted by Crippen LogP contribution is -2.37. The fourth-order valence-electron chi connectivity index (χ4n) is 0.852. The van der Waals surface area contributed by atoms with E-state index >= 15 is 0 Å². The highest BCUT2D eigenvalue weighted by molar-refractivity contribution is 5.73. The molecule has 0 fully saturated rings. The van der Waals surface area contributed by atoms with Crippen molar-refractivity contribution in [3.05, 3.63) is 0 Å². The van der Waals surface area contributed by atoms with Gasteiger partial charge in [0.05, 0.1) is 12.2 Å². The zero-order valence-corrected chi connectivity index (χ0v) is 8.79. The molecule has 14 heavy (non-hydrogen) atoms. The van der Waals surface area contributed by atoms with Gasteiger partial charge in [0.1, 0.15) is 0 Å². The molecule has 0 heterocycles. The van der Waals surface area contributed by atoms with E-state index in [2.05, 4.69) is 10.6 Å². The molecule has 0 aromatic rings. The zero-order chi connectivity index (χ0) is 11.0. The number of amides is 2. The Bertz CT molecular complexity index is 144. The normalized spacial score (nSPS) is 14.6. The van der Waals surface area contributed by atoms with Gasteiger partial charge in [-0.05, 0) is 26.7 Å². The Morgan fingerprint density at radius 2 is 1.43 bits per heavy atom. The highest BCUT2D eigenvalue weighted by Crippen LogP contribution is 1.87. The molecule has 0 bridgehead atoms. The summed E-state index contributed by atoms with van der Waals surface area (Å²) in [6.45, 7) is 4.26. The third-order valence-corrected chi connectivity index (χ3v) is 1.70. The smallest absolute Gasteiger partial charge is 0.314 e. The number of rotatable bonds is 6. The number of hydrogen-bond acceptors (Lipinski definition) is 3.